The maximum atomic E-state index is 5.54. The predicted molar refractivity (Wildman–Crippen MR) is 81.6 cm³/mol. The van der Waals surface area contributed by atoms with E-state index in [-0.39, 0.29) is 0 Å². The minimum Gasteiger partial charge on any atom is -0.381 e. The first-order chi connectivity index (χ1) is 9.77. The Labute approximate surface area is 124 Å². The van der Waals surface area contributed by atoms with Crippen molar-refractivity contribution in [2.75, 3.05) is 20.3 Å². The van der Waals surface area contributed by atoms with Crippen LogP contribution in [0, 0.1) is 29.1 Å². The van der Waals surface area contributed by atoms with Crippen LogP contribution in [0.25, 0.3) is 0 Å². The molecule has 0 radical (unpaired) electrons. The first-order valence-corrected chi connectivity index (χ1v) is 9.02. The van der Waals surface area contributed by atoms with Crippen molar-refractivity contribution in [1.29, 1.82) is 0 Å². The highest BCUT2D eigenvalue weighted by Gasteiger charge is 2.53. The maximum Gasteiger partial charge on any atom is 0.0468 e. The van der Waals surface area contributed by atoms with E-state index in [1.807, 2.05) is 0 Å². The van der Waals surface area contributed by atoms with Gasteiger partial charge in [-0.25, -0.2) is 0 Å². The number of hydrogen-bond donors (Lipinski definition) is 1. The van der Waals surface area contributed by atoms with Gasteiger partial charge in [-0.3, -0.25) is 0 Å². The molecule has 114 valence electrons. The molecular weight excluding hydrogens is 246 g/mol. The van der Waals surface area contributed by atoms with Crippen molar-refractivity contribution < 1.29 is 4.74 Å². The highest BCUT2D eigenvalue weighted by molar-refractivity contribution is 5.06. The van der Waals surface area contributed by atoms with Gasteiger partial charge in [-0.15, -0.1) is 0 Å². The summed E-state index contributed by atoms with van der Waals surface area (Å²) in [5, 5.41) is 3.77. The lowest BCUT2D eigenvalue weighted by molar-refractivity contribution is -0.0789. The Balaban J connectivity index is 1.48. The molecule has 0 aromatic rings. The second-order valence-corrected chi connectivity index (χ2v) is 8.41. The van der Waals surface area contributed by atoms with E-state index >= 15 is 0 Å². The molecule has 4 bridgehead atoms. The van der Waals surface area contributed by atoms with Crippen LogP contribution in [0.15, 0.2) is 0 Å². The van der Waals surface area contributed by atoms with E-state index < -0.39 is 0 Å². The molecule has 0 spiro atoms. The Morgan fingerprint density at radius 1 is 1.00 bits per heavy atom. The van der Waals surface area contributed by atoms with Crippen LogP contribution < -0.4 is 5.32 Å². The van der Waals surface area contributed by atoms with E-state index in [0.717, 1.165) is 42.9 Å². The number of ether oxygens (including phenoxy) is 1. The summed E-state index contributed by atoms with van der Waals surface area (Å²) in [6.45, 7) is 2.00. The van der Waals surface area contributed by atoms with Crippen molar-refractivity contribution in [2.24, 2.45) is 29.1 Å². The molecule has 5 fully saturated rings. The molecular formula is C18H31NO. The SMILES string of the molecule is CNC(CC1CCOCC1)C12CC3CC(CC(C3)C1)C2. The quantitative estimate of drug-likeness (QED) is 0.847. The number of rotatable bonds is 4. The fraction of sp³-hybridized carbons (Fsp3) is 1.00. The third-order valence-electron chi connectivity index (χ3n) is 7.08. The van der Waals surface area contributed by atoms with E-state index in [0.29, 0.717) is 5.41 Å². The highest BCUT2D eigenvalue weighted by atomic mass is 16.5. The van der Waals surface area contributed by atoms with Gasteiger partial charge in [0.1, 0.15) is 0 Å². The van der Waals surface area contributed by atoms with Crippen LogP contribution in [0.1, 0.15) is 57.8 Å². The zero-order valence-corrected chi connectivity index (χ0v) is 13.1. The normalized spacial score (nSPS) is 45.8. The molecule has 1 unspecified atom stereocenters. The van der Waals surface area contributed by atoms with Crippen LogP contribution in [0.2, 0.25) is 0 Å². The van der Waals surface area contributed by atoms with Crippen molar-refractivity contribution in [3.8, 4) is 0 Å². The Morgan fingerprint density at radius 3 is 2.05 bits per heavy atom. The van der Waals surface area contributed by atoms with Crippen molar-refractivity contribution in [3.05, 3.63) is 0 Å². The molecule has 1 heterocycles. The lowest BCUT2D eigenvalue weighted by atomic mass is 9.47. The summed E-state index contributed by atoms with van der Waals surface area (Å²) in [7, 11) is 2.22. The molecule has 0 amide bonds. The molecule has 20 heavy (non-hydrogen) atoms. The van der Waals surface area contributed by atoms with Crippen molar-refractivity contribution in [1.82, 2.24) is 5.32 Å². The van der Waals surface area contributed by atoms with E-state index in [1.165, 1.54) is 38.5 Å². The summed E-state index contributed by atoms with van der Waals surface area (Å²) < 4.78 is 5.54. The van der Waals surface area contributed by atoms with Crippen molar-refractivity contribution >= 4 is 0 Å². The highest BCUT2D eigenvalue weighted by Crippen LogP contribution is 2.61. The monoisotopic (exact) mass is 277 g/mol. The van der Waals surface area contributed by atoms with E-state index in [9.17, 15) is 0 Å². The fourth-order valence-corrected chi connectivity index (χ4v) is 6.59. The topological polar surface area (TPSA) is 21.3 Å². The zero-order chi connectivity index (χ0) is 13.6. The molecule has 0 aromatic carbocycles. The molecule has 2 heteroatoms. The van der Waals surface area contributed by atoms with Gasteiger partial charge >= 0.3 is 0 Å². The Hall–Kier alpha value is -0.0800. The fourth-order valence-electron chi connectivity index (χ4n) is 6.59. The molecule has 2 nitrogen and oxygen atoms in total. The van der Waals surface area contributed by atoms with Gasteiger partial charge < -0.3 is 10.1 Å². The molecule has 4 aliphatic carbocycles. The smallest absolute Gasteiger partial charge is 0.0468 e. The van der Waals surface area contributed by atoms with Gasteiger partial charge in [0.05, 0.1) is 0 Å². The largest absolute Gasteiger partial charge is 0.381 e. The lowest BCUT2D eigenvalue weighted by Crippen LogP contribution is -2.55. The molecule has 4 saturated carbocycles. The van der Waals surface area contributed by atoms with Gasteiger partial charge in [0.2, 0.25) is 0 Å². The van der Waals surface area contributed by atoms with Gasteiger partial charge in [-0.1, -0.05) is 0 Å². The van der Waals surface area contributed by atoms with Crippen molar-refractivity contribution in [3.63, 3.8) is 0 Å². The van der Waals surface area contributed by atoms with Crippen LogP contribution in [-0.2, 0) is 4.74 Å². The van der Waals surface area contributed by atoms with Gasteiger partial charge in [-0.2, -0.15) is 0 Å². The van der Waals surface area contributed by atoms with E-state index in [2.05, 4.69) is 12.4 Å². The summed E-state index contributed by atoms with van der Waals surface area (Å²) in [5.74, 6) is 4.14. The van der Waals surface area contributed by atoms with Gasteiger partial charge in [0.15, 0.2) is 0 Å². The molecule has 5 rings (SSSR count). The van der Waals surface area contributed by atoms with Gasteiger partial charge in [0, 0.05) is 19.3 Å². The minimum absolute atomic E-state index is 0.668. The molecule has 5 aliphatic rings. The maximum absolute atomic E-state index is 5.54. The average Bonchev–Trinajstić information content (AvgIpc) is 2.44. The summed E-state index contributed by atoms with van der Waals surface area (Å²) in [5.41, 5.74) is 0.668. The van der Waals surface area contributed by atoms with Crippen LogP contribution in [0.3, 0.4) is 0 Å². The van der Waals surface area contributed by atoms with Gasteiger partial charge in [0.25, 0.3) is 0 Å². The molecule has 1 N–H and O–H groups in total. The van der Waals surface area contributed by atoms with Gasteiger partial charge in [-0.05, 0) is 93.9 Å². The standard InChI is InChI=1S/C18H31NO/c1-19-17(9-13-2-4-20-5-3-13)18-10-14-6-15(11-18)8-16(7-14)12-18/h13-17,19H,2-12H2,1H3. The van der Waals surface area contributed by atoms with Crippen LogP contribution in [0.4, 0.5) is 0 Å². The Morgan fingerprint density at radius 2 is 1.55 bits per heavy atom. The number of hydrogen-bond acceptors (Lipinski definition) is 2. The van der Waals surface area contributed by atoms with E-state index in [4.69, 9.17) is 4.74 Å². The molecule has 0 aromatic heterocycles. The lowest BCUT2D eigenvalue weighted by Gasteiger charge is -2.60. The zero-order valence-electron chi connectivity index (χ0n) is 13.1. The van der Waals surface area contributed by atoms with Crippen molar-refractivity contribution in [2.45, 2.75) is 63.8 Å². The third kappa shape index (κ3) is 2.33. The van der Waals surface area contributed by atoms with E-state index in [1.54, 1.807) is 19.3 Å². The first kappa shape index (κ1) is 13.6. The third-order valence-corrected chi connectivity index (χ3v) is 7.08. The number of nitrogens with one attached hydrogen (secondary N) is 1. The molecule has 1 aliphatic heterocycles. The molecule has 1 saturated heterocycles. The second-order valence-electron chi connectivity index (χ2n) is 8.41. The minimum atomic E-state index is 0.668. The second kappa shape index (κ2) is 5.28. The van der Waals surface area contributed by atoms with Crippen LogP contribution >= 0.6 is 0 Å². The molecule has 1 atom stereocenters. The van der Waals surface area contributed by atoms with Crippen LogP contribution in [-0.4, -0.2) is 26.3 Å². The summed E-state index contributed by atoms with van der Waals surface area (Å²) in [6, 6.07) is 0.777. The average molecular weight is 277 g/mol. The summed E-state index contributed by atoms with van der Waals surface area (Å²) in [4.78, 5) is 0. The Kier molecular flexibility index (Phi) is 3.58. The Bertz CT molecular complexity index is 312. The summed E-state index contributed by atoms with van der Waals surface area (Å²) in [6.07, 6.45) is 13.3. The summed E-state index contributed by atoms with van der Waals surface area (Å²) >= 11 is 0. The van der Waals surface area contributed by atoms with Crippen LogP contribution in [0.5, 0.6) is 0 Å². The predicted octanol–water partition coefficient (Wildman–Crippen LogP) is 3.61. The first-order valence-electron chi connectivity index (χ1n) is 9.02.